The predicted octanol–water partition coefficient (Wildman–Crippen LogP) is 5.15. The summed E-state index contributed by atoms with van der Waals surface area (Å²) in [7, 11) is 1.52. The largest absolute Gasteiger partial charge is 0.496 e. The van der Waals surface area contributed by atoms with Gasteiger partial charge in [-0.2, -0.15) is 13.2 Å². The molecule has 1 N–H and O–H groups in total. The quantitative estimate of drug-likeness (QED) is 0.542. The summed E-state index contributed by atoms with van der Waals surface area (Å²) in [6.07, 6.45) is -7.15. The maximum Gasteiger partial charge on any atom is 0.452 e. The third-order valence-electron chi connectivity index (χ3n) is 5.43. The van der Waals surface area contributed by atoms with Crippen LogP contribution in [0.15, 0.2) is 36.4 Å². The fraction of sp³-hybridized carbons (Fsp3) is 0.318. The molecule has 33 heavy (non-hydrogen) atoms. The number of hydrogen-bond donors (Lipinski definition) is 1. The van der Waals surface area contributed by atoms with Crippen LogP contribution in [0.4, 0.5) is 13.2 Å². The Morgan fingerprint density at radius 2 is 2.00 bits per heavy atom. The summed E-state index contributed by atoms with van der Waals surface area (Å²) >= 11 is 6.23. The average molecular weight is 482 g/mol. The molecule has 1 aromatic heterocycles. The fourth-order valence-corrected chi connectivity index (χ4v) is 4.28. The van der Waals surface area contributed by atoms with Crippen LogP contribution in [0.3, 0.4) is 0 Å². The lowest BCUT2D eigenvalue weighted by Gasteiger charge is -2.25. The molecule has 0 saturated heterocycles. The molecule has 0 bridgehead atoms. The maximum atomic E-state index is 13.8. The number of aliphatic carboxylic acids is 1. The van der Waals surface area contributed by atoms with Crippen molar-refractivity contribution < 1.29 is 32.5 Å². The Labute approximate surface area is 191 Å². The Hall–Kier alpha value is -3.11. The Bertz CT molecular complexity index is 1210. The topological polar surface area (TPSA) is 86.5 Å². The number of ether oxygens (including phenoxy) is 2. The van der Waals surface area contributed by atoms with Crippen molar-refractivity contribution in [2.75, 3.05) is 7.11 Å². The van der Waals surface area contributed by atoms with Crippen LogP contribution < -0.4 is 4.74 Å². The van der Waals surface area contributed by atoms with Crippen LogP contribution in [0.25, 0.3) is 5.69 Å². The van der Waals surface area contributed by atoms with Gasteiger partial charge in [0.05, 0.1) is 19.2 Å². The molecular formula is C22H19ClF3N3O4. The summed E-state index contributed by atoms with van der Waals surface area (Å²) in [6.45, 7) is 1.91. The van der Waals surface area contributed by atoms with E-state index in [-0.39, 0.29) is 16.5 Å². The van der Waals surface area contributed by atoms with Crippen molar-refractivity contribution in [2.24, 2.45) is 0 Å². The number of nitrogens with zero attached hydrogens (tertiary/aromatic N) is 3. The molecule has 2 atom stereocenters. The highest BCUT2D eigenvalue weighted by Crippen LogP contribution is 2.45. The molecule has 4 rings (SSSR count). The number of benzene rings is 2. The highest BCUT2D eigenvalue weighted by Gasteiger charge is 2.43. The van der Waals surface area contributed by atoms with Gasteiger partial charge in [-0.3, -0.25) is 9.36 Å². The van der Waals surface area contributed by atoms with Gasteiger partial charge in [0.25, 0.3) is 0 Å². The molecule has 7 nitrogen and oxygen atoms in total. The zero-order valence-corrected chi connectivity index (χ0v) is 18.3. The second-order valence-corrected chi connectivity index (χ2v) is 7.84. The van der Waals surface area contributed by atoms with Gasteiger partial charge in [-0.1, -0.05) is 30.7 Å². The molecule has 0 amide bonds. The lowest BCUT2D eigenvalue weighted by Crippen LogP contribution is -2.17. The van der Waals surface area contributed by atoms with Gasteiger partial charge in [-0.25, -0.2) is 0 Å². The molecule has 11 heteroatoms. The molecule has 3 aromatic rings. The average Bonchev–Trinajstić information content (AvgIpc) is 3.16. The number of methoxy groups -OCH3 is 1. The van der Waals surface area contributed by atoms with Crippen LogP contribution in [0.2, 0.25) is 5.02 Å². The first-order valence-electron chi connectivity index (χ1n) is 10.0. The highest BCUT2D eigenvalue weighted by atomic mass is 35.5. The van der Waals surface area contributed by atoms with Crippen LogP contribution in [0.1, 0.15) is 53.9 Å². The van der Waals surface area contributed by atoms with Crippen LogP contribution in [-0.2, 0) is 22.1 Å². The summed E-state index contributed by atoms with van der Waals surface area (Å²) in [4.78, 5) is 11.6. The first kappa shape index (κ1) is 23.1. The molecule has 0 spiro atoms. The van der Waals surface area contributed by atoms with E-state index in [9.17, 15) is 23.1 Å². The Balaban J connectivity index is 2.04. The van der Waals surface area contributed by atoms with Gasteiger partial charge in [0, 0.05) is 10.6 Å². The zero-order chi connectivity index (χ0) is 23.9. The normalized spacial score (nSPS) is 17.8. The van der Waals surface area contributed by atoms with Gasteiger partial charge in [0.15, 0.2) is 5.82 Å². The van der Waals surface area contributed by atoms with Gasteiger partial charge in [0.1, 0.15) is 18.0 Å². The molecule has 174 valence electrons. The van der Waals surface area contributed by atoms with Crippen LogP contribution in [-0.4, -0.2) is 33.0 Å². The van der Waals surface area contributed by atoms with E-state index in [4.69, 9.17) is 21.1 Å². The lowest BCUT2D eigenvalue weighted by molar-refractivity contribution is -0.146. The number of fused-ring (bicyclic) bond motifs is 3. The maximum absolute atomic E-state index is 13.8. The van der Waals surface area contributed by atoms with Crippen LogP contribution in [0.5, 0.6) is 5.75 Å². The first-order valence-corrected chi connectivity index (χ1v) is 10.4. The molecular weight excluding hydrogens is 463 g/mol. The van der Waals surface area contributed by atoms with Gasteiger partial charge in [-0.05, 0) is 41.8 Å². The van der Waals surface area contributed by atoms with E-state index in [2.05, 4.69) is 10.2 Å². The van der Waals surface area contributed by atoms with Crippen molar-refractivity contribution >= 4 is 17.6 Å². The molecule has 1 aliphatic rings. The third-order valence-corrected chi connectivity index (χ3v) is 5.66. The summed E-state index contributed by atoms with van der Waals surface area (Å²) in [5.74, 6) is -2.21. The molecule has 0 radical (unpaired) electrons. The molecule has 0 unspecified atom stereocenters. The number of carboxylic acids is 1. The number of hydrogen-bond acceptors (Lipinski definition) is 5. The summed E-state index contributed by atoms with van der Waals surface area (Å²) in [5, 5.41) is 16.7. The minimum atomic E-state index is -4.83. The van der Waals surface area contributed by atoms with E-state index >= 15 is 0 Å². The SMILES string of the molecule is CCc1c(OC)cccc1[C@@H]1O[C@@H](CC(=O)O)c2nnc(C(F)(F)F)n2-c2ccc(Cl)cc21. The van der Waals surface area contributed by atoms with Gasteiger partial charge >= 0.3 is 12.1 Å². The van der Waals surface area contributed by atoms with Gasteiger partial charge in [-0.15, -0.1) is 10.2 Å². The van der Waals surface area contributed by atoms with E-state index in [1.165, 1.54) is 25.3 Å². The van der Waals surface area contributed by atoms with Crippen LogP contribution >= 0.6 is 11.6 Å². The molecule has 2 heterocycles. The minimum absolute atomic E-state index is 0.106. The van der Waals surface area contributed by atoms with E-state index < -0.39 is 36.6 Å². The number of rotatable bonds is 5. The lowest BCUT2D eigenvalue weighted by atomic mass is 9.93. The second kappa shape index (κ2) is 8.68. The second-order valence-electron chi connectivity index (χ2n) is 7.40. The van der Waals surface area contributed by atoms with Gasteiger partial charge < -0.3 is 14.6 Å². The number of halogens is 4. The van der Waals surface area contributed by atoms with Gasteiger partial charge in [0.2, 0.25) is 5.82 Å². The van der Waals surface area contributed by atoms with Crippen molar-refractivity contribution in [1.29, 1.82) is 0 Å². The Kier molecular flexibility index (Phi) is 6.06. The third kappa shape index (κ3) is 4.16. The van der Waals surface area contributed by atoms with Crippen molar-refractivity contribution in [3.8, 4) is 11.4 Å². The standard InChI is InChI=1S/C22H19ClF3N3O4/c1-3-12-13(5-4-6-16(12)32-2)19-14-9-11(23)7-8-15(14)29-20(17(33-19)10-18(30)31)27-28-21(29)22(24,25)26/h4-9,17,19H,3,10H2,1-2H3,(H,30,31)/t17-,19-/m0/s1. The number of aromatic nitrogens is 3. The highest BCUT2D eigenvalue weighted by molar-refractivity contribution is 6.30. The number of alkyl halides is 3. The van der Waals surface area contributed by atoms with E-state index in [1.54, 1.807) is 18.2 Å². The molecule has 1 aliphatic heterocycles. The van der Waals surface area contributed by atoms with E-state index in [0.717, 1.165) is 10.1 Å². The van der Waals surface area contributed by atoms with Crippen molar-refractivity contribution in [1.82, 2.24) is 14.8 Å². The number of carboxylic acid groups (broad SMARTS) is 1. The smallest absolute Gasteiger partial charge is 0.452 e. The molecule has 0 saturated carbocycles. The summed E-state index contributed by atoms with van der Waals surface area (Å²) < 4.78 is 53.9. The monoisotopic (exact) mass is 481 g/mol. The van der Waals surface area contributed by atoms with Crippen molar-refractivity contribution in [3.05, 3.63) is 69.8 Å². The van der Waals surface area contributed by atoms with Crippen molar-refractivity contribution in [3.63, 3.8) is 0 Å². The molecule has 2 aromatic carbocycles. The predicted molar refractivity (Wildman–Crippen MR) is 112 cm³/mol. The molecule has 0 fully saturated rings. The number of carbonyl (C=O) groups is 1. The van der Waals surface area contributed by atoms with E-state index in [0.29, 0.717) is 23.3 Å². The van der Waals surface area contributed by atoms with Crippen LogP contribution in [0, 0.1) is 0 Å². The first-order chi connectivity index (χ1) is 15.7. The summed E-state index contributed by atoms with van der Waals surface area (Å²) in [5.41, 5.74) is 1.83. The van der Waals surface area contributed by atoms with E-state index in [1.807, 2.05) is 6.92 Å². The molecule has 0 aliphatic carbocycles. The zero-order valence-electron chi connectivity index (χ0n) is 17.6. The Morgan fingerprint density at radius 1 is 1.24 bits per heavy atom. The summed E-state index contributed by atoms with van der Waals surface area (Å²) in [6, 6.07) is 9.65. The Morgan fingerprint density at radius 3 is 2.64 bits per heavy atom. The fourth-order valence-electron chi connectivity index (χ4n) is 4.10. The minimum Gasteiger partial charge on any atom is -0.496 e. The van der Waals surface area contributed by atoms with Crippen molar-refractivity contribution in [2.45, 2.75) is 38.1 Å².